The molecule has 0 radical (unpaired) electrons. The lowest BCUT2D eigenvalue weighted by atomic mass is 10.1. The number of carbonyl (C=O) groups is 2. The van der Waals surface area contributed by atoms with Crippen molar-refractivity contribution in [1.29, 1.82) is 0 Å². The molecule has 1 unspecified atom stereocenters. The second kappa shape index (κ2) is 7.11. The third kappa shape index (κ3) is 3.78. The van der Waals surface area contributed by atoms with Crippen molar-refractivity contribution < 1.29 is 23.8 Å². The highest BCUT2D eigenvalue weighted by atomic mass is 16.5. The van der Waals surface area contributed by atoms with Gasteiger partial charge in [-0.2, -0.15) is 0 Å². The van der Waals surface area contributed by atoms with Crippen LogP contribution < -0.4 is 0 Å². The zero-order valence-electron chi connectivity index (χ0n) is 13.3. The largest absolute Gasteiger partial charge is 0.480 e. The lowest BCUT2D eigenvalue weighted by molar-refractivity contribution is -0.142. The van der Waals surface area contributed by atoms with Crippen molar-refractivity contribution in [3.8, 4) is 11.3 Å². The van der Waals surface area contributed by atoms with Crippen LogP contribution in [-0.2, 0) is 16.1 Å². The van der Waals surface area contributed by atoms with Crippen molar-refractivity contribution >= 4 is 11.9 Å². The summed E-state index contributed by atoms with van der Waals surface area (Å²) in [6, 6.07) is 9.92. The van der Waals surface area contributed by atoms with Crippen LogP contribution in [0.15, 0.2) is 40.8 Å². The molecule has 6 nitrogen and oxygen atoms in total. The van der Waals surface area contributed by atoms with E-state index < -0.39 is 18.0 Å². The monoisotopic (exact) mass is 317 g/mol. The van der Waals surface area contributed by atoms with Crippen LogP contribution in [0.4, 0.5) is 0 Å². The number of carboxylic acids is 1. The Bertz CT molecular complexity index is 707. The highest BCUT2D eigenvalue weighted by Gasteiger charge is 2.19. The third-order valence-corrected chi connectivity index (χ3v) is 3.68. The fourth-order valence-electron chi connectivity index (χ4n) is 2.16. The number of furan rings is 1. The Kier molecular flexibility index (Phi) is 5.18. The van der Waals surface area contributed by atoms with E-state index in [2.05, 4.69) is 0 Å². The Morgan fingerprint density at radius 2 is 1.96 bits per heavy atom. The number of rotatable bonds is 6. The lowest BCUT2D eigenvalue weighted by Gasteiger charge is -2.19. The van der Waals surface area contributed by atoms with Gasteiger partial charge in [-0.1, -0.05) is 18.2 Å². The van der Waals surface area contributed by atoms with Crippen LogP contribution in [0.2, 0.25) is 0 Å². The summed E-state index contributed by atoms with van der Waals surface area (Å²) in [5.41, 5.74) is 1.06. The van der Waals surface area contributed by atoms with E-state index in [0.29, 0.717) is 29.2 Å². The molecule has 1 aromatic heterocycles. The summed E-state index contributed by atoms with van der Waals surface area (Å²) in [4.78, 5) is 24.5. The van der Waals surface area contributed by atoms with Crippen LogP contribution in [-0.4, -0.2) is 42.1 Å². The number of hydrogen-bond acceptors (Lipinski definition) is 5. The van der Waals surface area contributed by atoms with Gasteiger partial charge in [0.1, 0.15) is 17.6 Å². The van der Waals surface area contributed by atoms with Crippen LogP contribution in [0.3, 0.4) is 0 Å². The SMILES string of the molecule is COC(=O)c1ccccc1-c1ccc(CN(C)C(C)C(=O)O)o1. The van der Waals surface area contributed by atoms with Crippen LogP contribution >= 0.6 is 0 Å². The van der Waals surface area contributed by atoms with E-state index in [1.807, 2.05) is 6.07 Å². The van der Waals surface area contributed by atoms with E-state index in [4.69, 9.17) is 14.3 Å². The minimum Gasteiger partial charge on any atom is -0.480 e. The average molecular weight is 317 g/mol. The van der Waals surface area contributed by atoms with Crippen molar-refractivity contribution in [2.24, 2.45) is 0 Å². The van der Waals surface area contributed by atoms with Gasteiger partial charge in [-0.25, -0.2) is 4.79 Å². The molecule has 0 aliphatic carbocycles. The normalized spacial score (nSPS) is 12.2. The summed E-state index contributed by atoms with van der Waals surface area (Å²) >= 11 is 0. The topological polar surface area (TPSA) is 80.0 Å². The molecule has 1 heterocycles. The number of hydrogen-bond donors (Lipinski definition) is 1. The summed E-state index contributed by atoms with van der Waals surface area (Å²) in [6.07, 6.45) is 0. The Morgan fingerprint density at radius 1 is 1.26 bits per heavy atom. The molecule has 0 fully saturated rings. The van der Waals surface area contributed by atoms with E-state index in [1.165, 1.54) is 7.11 Å². The molecule has 2 aromatic rings. The Labute approximate surface area is 134 Å². The Morgan fingerprint density at radius 3 is 2.61 bits per heavy atom. The second-order valence-corrected chi connectivity index (χ2v) is 5.23. The van der Waals surface area contributed by atoms with Crippen molar-refractivity contribution in [2.75, 3.05) is 14.2 Å². The first-order valence-electron chi connectivity index (χ1n) is 7.13. The molecular formula is C17H19NO5. The summed E-state index contributed by atoms with van der Waals surface area (Å²) in [5, 5.41) is 9.01. The molecule has 0 saturated carbocycles. The predicted octanol–water partition coefficient (Wildman–Crippen LogP) is 2.64. The third-order valence-electron chi connectivity index (χ3n) is 3.68. The molecule has 122 valence electrons. The molecule has 1 aromatic carbocycles. The summed E-state index contributed by atoms with van der Waals surface area (Å²) in [6.45, 7) is 1.96. The fraction of sp³-hybridized carbons (Fsp3) is 0.294. The molecule has 0 bridgehead atoms. The summed E-state index contributed by atoms with van der Waals surface area (Å²) in [7, 11) is 3.04. The number of esters is 1. The minimum atomic E-state index is -0.893. The first-order chi connectivity index (χ1) is 10.9. The molecule has 23 heavy (non-hydrogen) atoms. The zero-order chi connectivity index (χ0) is 17.0. The molecule has 2 rings (SSSR count). The quantitative estimate of drug-likeness (QED) is 0.825. The van der Waals surface area contributed by atoms with E-state index in [-0.39, 0.29) is 0 Å². The van der Waals surface area contributed by atoms with E-state index >= 15 is 0 Å². The fourth-order valence-corrected chi connectivity index (χ4v) is 2.16. The highest BCUT2D eigenvalue weighted by molar-refractivity contribution is 5.96. The molecule has 6 heteroatoms. The molecule has 0 spiro atoms. The van der Waals surface area contributed by atoms with Crippen molar-refractivity contribution in [3.63, 3.8) is 0 Å². The zero-order valence-corrected chi connectivity index (χ0v) is 13.3. The standard InChI is InChI=1S/C17H19NO5/c1-11(16(19)20)18(2)10-12-8-9-15(23-12)13-6-4-5-7-14(13)17(21)22-3/h4-9,11H,10H2,1-3H3,(H,19,20). The lowest BCUT2D eigenvalue weighted by Crippen LogP contribution is -2.35. The summed E-state index contributed by atoms with van der Waals surface area (Å²) in [5.74, 6) is -0.168. The number of nitrogens with zero attached hydrogens (tertiary/aromatic N) is 1. The first-order valence-corrected chi connectivity index (χ1v) is 7.13. The van der Waals surface area contributed by atoms with Gasteiger partial charge in [-0.3, -0.25) is 9.69 Å². The van der Waals surface area contributed by atoms with Gasteiger partial charge in [0.15, 0.2) is 0 Å². The average Bonchev–Trinajstić information content (AvgIpc) is 3.01. The minimum absolute atomic E-state index is 0.355. The van der Waals surface area contributed by atoms with Crippen LogP contribution in [0, 0.1) is 0 Å². The van der Waals surface area contributed by atoms with Crippen LogP contribution in [0.5, 0.6) is 0 Å². The van der Waals surface area contributed by atoms with Gasteiger partial charge >= 0.3 is 11.9 Å². The highest BCUT2D eigenvalue weighted by Crippen LogP contribution is 2.27. The molecule has 0 aliphatic heterocycles. The smallest absolute Gasteiger partial charge is 0.338 e. The van der Waals surface area contributed by atoms with Gasteiger partial charge in [0.2, 0.25) is 0 Å². The van der Waals surface area contributed by atoms with Gasteiger partial charge in [0, 0.05) is 5.56 Å². The van der Waals surface area contributed by atoms with E-state index in [0.717, 1.165) is 0 Å². The molecule has 0 aliphatic rings. The van der Waals surface area contributed by atoms with Gasteiger partial charge in [0.05, 0.1) is 19.2 Å². The molecule has 1 N–H and O–H groups in total. The van der Waals surface area contributed by atoms with Crippen LogP contribution in [0.1, 0.15) is 23.0 Å². The van der Waals surface area contributed by atoms with Gasteiger partial charge in [-0.15, -0.1) is 0 Å². The molecule has 0 saturated heterocycles. The predicted molar refractivity (Wildman–Crippen MR) is 84.0 cm³/mol. The Hall–Kier alpha value is -2.60. The number of likely N-dealkylation sites (N-methyl/N-ethyl adjacent to an activating group) is 1. The molecular weight excluding hydrogens is 298 g/mol. The number of benzene rings is 1. The maximum atomic E-state index is 11.8. The van der Waals surface area contributed by atoms with Crippen molar-refractivity contribution in [2.45, 2.75) is 19.5 Å². The second-order valence-electron chi connectivity index (χ2n) is 5.23. The van der Waals surface area contributed by atoms with Gasteiger partial charge in [-0.05, 0) is 32.2 Å². The maximum absolute atomic E-state index is 11.8. The van der Waals surface area contributed by atoms with Crippen LogP contribution in [0.25, 0.3) is 11.3 Å². The van der Waals surface area contributed by atoms with Crippen molar-refractivity contribution in [3.05, 3.63) is 47.7 Å². The van der Waals surface area contributed by atoms with E-state index in [9.17, 15) is 9.59 Å². The number of carbonyl (C=O) groups excluding carboxylic acids is 1. The van der Waals surface area contributed by atoms with Crippen molar-refractivity contribution in [1.82, 2.24) is 4.90 Å². The van der Waals surface area contributed by atoms with Gasteiger partial charge in [0.25, 0.3) is 0 Å². The Balaban J connectivity index is 2.23. The molecule has 0 amide bonds. The number of ether oxygens (including phenoxy) is 1. The van der Waals surface area contributed by atoms with E-state index in [1.54, 1.807) is 49.2 Å². The summed E-state index contributed by atoms with van der Waals surface area (Å²) < 4.78 is 10.5. The number of methoxy groups -OCH3 is 1. The number of carboxylic acid groups (broad SMARTS) is 1. The maximum Gasteiger partial charge on any atom is 0.338 e. The molecule has 1 atom stereocenters. The number of aliphatic carboxylic acids is 1. The first kappa shape index (κ1) is 16.8. The van der Waals surface area contributed by atoms with Gasteiger partial charge < -0.3 is 14.3 Å².